The summed E-state index contributed by atoms with van der Waals surface area (Å²) in [6.45, 7) is 3.03. The molecular formula is C15H17N3O4S. The van der Waals surface area contributed by atoms with Crippen molar-refractivity contribution in [1.29, 1.82) is 0 Å². The number of carbonyl (C=O) groups excluding carboxylic acids is 1. The van der Waals surface area contributed by atoms with E-state index in [2.05, 4.69) is 9.97 Å². The van der Waals surface area contributed by atoms with Gasteiger partial charge in [0.2, 0.25) is 0 Å². The van der Waals surface area contributed by atoms with Gasteiger partial charge in [-0.1, -0.05) is 0 Å². The number of carboxylic acids is 1. The molecule has 2 N–H and O–H groups in total. The lowest BCUT2D eigenvalue weighted by Gasteiger charge is -2.32. The second-order valence-corrected chi connectivity index (χ2v) is 6.46. The molecule has 1 unspecified atom stereocenters. The van der Waals surface area contributed by atoms with Crippen molar-refractivity contribution < 1.29 is 19.4 Å². The zero-order valence-electron chi connectivity index (χ0n) is 12.6. The van der Waals surface area contributed by atoms with Crippen LogP contribution in [0, 0.1) is 6.92 Å². The van der Waals surface area contributed by atoms with Gasteiger partial charge < -0.3 is 19.7 Å². The van der Waals surface area contributed by atoms with Crippen molar-refractivity contribution in [3.05, 3.63) is 28.3 Å². The van der Waals surface area contributed by atoms with Crippen molar-refractivity contribution in [2.24, 2.45) is 0 Å². The molecule has 0 aliphatic carbocycles. The summed E-state index contributed by atoms with van der Waals surface area (Å²) in [5.74, 6) is -1.08. The zero-order valence-corrected chi connectivity index (χ0v) is 13.4. The monoisotopic (exact) mass is 335 g/mol. The van der Waals surface area contributed by atoms with E-state index in [1.807, 2.05) is 12.3 Å². The number of aromatic nitrogens is 2. The highest BCUT2D eigenvalue weighted by molar-refractivity contribution is 7.09. The van der Waals surface area contributed by atoms with Crippen molar-refractivity contribution in [1.82, 2.24) is 14.9 Å². The van der Waals surface area contributed by atoms with Gasteiger partial charge in [-0.15, -0.1) is 11.3 Å². The van der Waals surface area contributed by atoms with Gasteiger partial charge in [0, 0.05) is 30.2 Å². The first-order valence-electron chi connectivity index (χ1n) is 7.26. The fourth-order valence-electron chi connectivity index (χ4n) is 2.55. The summed E-state index contributed by atoms with van der Waals surface area (Å²) in [4.78, 5) is 32.3. The van der Waals surface area contributed by atoms with E-state index in [-0.39, 0.29) is 18.9 Å². The van der Waals surface area contributed by atoms with Crippen LogP contribution < -0.4 is 0 Å². The molecule has 2 aromatic rings. The number of morpholine rings is 1. The van der Waals surface area contributed by atoms with Crippen molar-refractivity contribution >= 4 is 23.2 Å². The van der Waals surface area contributed by atoms with Gasteiger partial charge >= 0.3 is 5.97 Å². The molecule has 1 amide bonds. The lowest BCUT2D eigenvalue weighted by molar-refractivity contribution is -0.141. The van der Waals surface area contributed by atoms with Crippen molar-refractivity contribution in [2.45, 2.75) is 19.4 Å². The summed E-state index contributed by atoms with van der Waals surface area (Å²) in [6, 6.07) is 1.78. The van der Waals surface area contributed by atoms with Crippen molar-refractivity contribution in [3.63, 3.8) is 0 Å². The second-order valence-electron chi connectivity index (χ2n) is 5.40. The molecule has 23 heavy (non-hydrogen) atoms. The third-order valence-electron chi connectivity index (χ3n) is 3.66. The first kappa shape index (κ1) is 15.7. The Labute approximate surface area is 136 Å². The molecule has 0 saturated carbocycles. The Kier molecular flexibility index (Phi) is 4.44. The predicted octanol–water partition coefficient (Wildman–Crippen LogP) is 1.76. The molecule has 8 heteroatoms. The number of aromatic amines is 1. The van der Waals surface area contributed by atoms with E-state index < -0.39 is 12.1 Å². The fourth-order valence-corrected chi connectivity index (χ4v) is 3.18. The minimum atomic E-state index is -0.926. The van der Waals surface area contributed by atoms with E-state index in [1.54, 1.807) is 28.5 Å². The maximum atomic E-state index is 12.6. The van der Waals surface area contributed by atoms with Gasteiger partial charge in [0.25, 0.3) is 5.91 Å². The Bertz CT molecular complexity index is 724. The number of aliphatic carboxylic acids is 1. The van der Waals surface area contributed by atoms with Gasteiger partial charge in [-0.25, -0.2) is 4.98 Å². The van der Waals surface area contributed by atoms with Crippen molar-refractivity contribution in [2.75, 3.05) is 19.7 Å². The maximum absolute atomic E-state index is 12.6. The van der Waals surface area contributed by atoms with Gasteiger partial charge in [0.05, 0.1) is 29.8 Å². The van der Waals surface area contributed by atoms with E-state index in [4.69, 9.17) is 9.84 Å². The summed E-state index contributed by atoms with van der Waals surface area (Å²) in [5, 5.41) is 11.8. The number of nitrogens with zero attached hydrogens (tertiary/aromatic N) is 2. The van der Waals surface area contributed by atoms with Crippen LogP contribution in [-0.2, 0) is 9.53 Å². The highest BCUT2D eigenvalue weighted by atomic mass is 32.1. The number of rotatable bonds is 4. The molecule has 1 aliphatic rings. The number of hydrogen-bond donors (Lipinski definition) is 2. The highest BCUT2D eigenvalue weighted by Gasteiger charge is 2.27. The first-order valence-corrected chi connectivity index (χ1v) is 8.14. The molecule has 0 aromatic carbocycles. The summed E-state index contributed by atoms with van der Waals surface area (Å²) >= 11 is 1.56. The lowest BCUT2D eigenvalue weighted by Crippen LogP contribution is -2.46. The summed E-state index contributed by atoms with van der Waals surface area (Å²) < 4.78 is 5.39. The Morgan fingerprint density at radius 1 is 1.57 bits per heavy atom. The number of hydrogen-bond acceptors (Lipinski definition) is 5. The first-order chi connectivity index (χ1) is 11.0. The number of carbonyl (C=O) groups is 2. The maximum Gasteiger partial charge on any atom is 0.306 e. The highest BCUT2D eigenvalue weighted by Crippen LogP contribution is 2.23. The van der Waals surface area contributed by atoms with Gasteiger partial charge in [-0.2, -0.15) is 0 Å². The minimum Gasteiger partial charge on any atom is -0.481 e. The van der Waals surface area contributed by atoms with Crippen molar-refractivity contribution in [3.8, 4) is 11.3 Å². The molecule has 2 aromatic heterocycles. The van der Waals surface area contributed by atoms with E-state index in [9.17, 15) is 9.59 Å². The summed E-state index contributed by atoms with van der Waals surface area (Å²) in [7, 11) is 0. The number of carboxylic acid groups (broad SMARTS) is 1. The average molecular weight is 335 g/mol. The number of ether oxygens (including phenoxy) is 1. The topological polar surface area (TPSA) is 95.5 Å². The number of amides is 1. The molecule has 1 aliphatic heterocycles. The number of nitrogens with one attached hydrogen (secondary N) is 1. The number of thiazole rings is 1. The largest absolute Gasteiger partial charge is 0.481 e. The van der Waals surface area contributed by atoms with E-state index >= 15 is 0 Å². The second kappa shape index (κ2) is 6.51. The molecule has 3 rings (SSSR count). The zero-order chi connectivity index (χ0) is 16.4. The molecule has 0 bridgehead atoms. The molecular weight excluding hydrogens is 318 g/mol. The lowest BCUT2D eigenvalue weighted by atomic mass is 10.2. The van der Waals surface area contributed by atoms with Crippen LogP contribution in [0.3, 0.4) is 0 Å². The average Bonchev–Trinajstić information content (AvgIpc) is 3.15. The van der Waals surface area contributed by atoms with Gasteiger partial charge in [-0.05, 0) is 13.0 Å². The Hall–Kier alpha value is -2.19. The molecule has 1 fully saturated rings. The van der Waals surface area contributed by atoms with Crippen LogP contribution >= 0.6 is 11.3 Å². The number of H-pyrrole nitrogens is 1. The Morgan fingerprint density at radius 2 is 2.39 bits per heavy atom. The fraction of sp³-hybridized carbons (Fsp3) is 0.400. The van der Waals surface area contributed by atoms with E-state index in [0.29, 0.717) is 18.8 Å². The van der Waals surface area contributed by atoms with Crippen LogP contribution in [0.15, 0.2) is 17.6 Å². The van der Waals surface area contributed by atoms with Crippen LogP contribution in [0.1, 0.15) is 21.9 Å². The normalized spacial score (nSPS) is 18.1. The quantitative estimate of drug-likeness (QED) is 0.888. The molecule has 0 spiro atoms. The Morgan fingerprint density at radius 3 is 3.09 bits per heavy atom. The van der Waals surface area contributed by atoms with Crippen LogP contribution in [0.4, 0.5) is 0 Å². The molecule has 7 nitrogen and oxygen atoms in total. The van der Waals surface area contributed by atoms with Gasteiger partial charge in [-0.3, -0.25) is 9.59 Å². The van der Waals surface area contributed by atoms with E-state index in [1.165, 1.54) is 0 Å². The molecule has 1 atom stereocenters. The SMILES string of the molecule is Cc1nc(-c2c[nH]c(C(=O)N3CCOC(CC(=O)O)C3)c2)cs1. The van der Waals surface area contributed by atoms with Gasteiger partial charge in [0.15, 0.2) is 0 Å². The van der Waals surface area contributed by atoms with Crippen LogP contribution in [0.25, 0.3) is 11.3 Å². The molecule has 3 heterocycles. The van der Waals surface area contributed by atoms with Gasteiger partial charge in [0.1, 0.15) is 5.69 Å². The van der Waals surface area contributed by atoms with Crippen LogP contribution in [0.5, 0.6) is 0 Å². The minimum absolute atomic E-state index is 0.0993. The van der Waals surface area contributed by atoms with Crippen LogP contribution in [0.2, 0.25) is 0 Å². The van der Waals surface area contributed by atoms with E-state index in [0.717, 1.165) is 16.3 Å². The predicted molar refractivity (Wildman–Crippen MR) is 84.5 cm³/mol. The third kappa shape index (κ3) is 3.59. The summed E-state index contributed by atoms with van der Waals surface area (Å²) in [6.07, 6.45) is 1.20. The summed E-state index contributed by atoms with van der Waals surface area (Å²) in [5.41, 5.74) is 2.18. The molecule has 122 valence electrons. The third-order valence-corrected chi connectivity index (χ3v) is 4.43. The molecule has 1 saturated heterocycles. The smallest absolute Gasteiger partial charge is 0.306 e. The number of aryl methyl sites for hydroxylation is 1. The standard InChI is InChI=1S/C15H17N3O4S/c1-9-17-13(8-23-9)10-4-12(16-6-10)15(21)18-2-3-22-11(7-18)5-14(19)20/h4,6,8,11,16H,2-3,5,7H2,1H3,(H,19,20). The Balaban J connectivity index is 1.70. The molecule has 0 radical (unpaired) electrons. The van der Waals surface area contributed by atoms with Crippen LogP contribution in [-0.4, -0.2) is 57.7 Å².